The molecule has 0 aromatic heterocycles. The summed E-state index contributed by atoms with van der Waals surface area (Å²) in [6.45, 7) is 6.12. The summed E-state index contributed by atoms with van der Waals surface area (Å²) in [7, 11) is 0. The summed E-state index contributed by atoms with van der Waals surface area (Å²) in [5.74, 6) is -0.965. The van der Waals surface area contributed by atoms with Crippen molar-refractivity contribution in [2.24, 2.45) is 0 Å². The Morgan fingerprint density at radius 1 is 1.00 bits per heavy atom. The molecule has 4 heteroatoms. The van der Waals surface area contributed by atoms with E-state index < -0.39 is 5.97 Å². The van der Waals surface area contributed by atoms with Crippen molar-refractivity contribution in [3.8, 4) is 0 Å². The zero-order chi connectivity index (χ0) is 13.4. The van der Waals surface area contributed by atoms with Crippen LogP contribution in [-0.2, 0) is 27.2 Å². The SMILES string of the molecule is O=C(O)CS.[Au+].[CH2-]CCCCCCCCCCC. The zero-order valence-corrected chi connectivity index (χ0v) is 14.7. The second kappa shape index (κ2) is 22.7. The fourth-order valence-electron chi connectivity index (χ4n) is 1.49. The molecule has 0 aliphatic rings. The Bertz CT molecular complexity index is 145. The monoisotopic (exact) mass is 458 g/mol. The summed E-state index contributed by atoms with van der Waals surface area (Å²) >= 11 is 3.42. The summed E-state index contributed by atoms with van der Waals surface area (Å²) in [5.41, 5.74) is 0. The molecule has 114 valence electrons. The van der Waals surface area contributed by atoms with Gasteiger partial charge in [0.15, 0.2) is 0 Å². The Labute approximate surface area is 134 Å². The Hall–Kier alpha value is 0.560. The standard InChI is InChI=1S/C12H25.C2H4O2S.Au/c1-3-5-7-9-11-12-10-8-6-4-2;3-2(4)1-5;/h1,3-12H2,2H3;5H,1H2,(H,3,4);/q-1;;+1. The second-order valence-electron chi connectivity index (χ2n) is 4.23. The van der Waals surface area contributed by atoms with E-state index in [1.165, 1.54) is 57.8 Å². The molecule has 0 saturated heterocycles. The fourth-order valence-corrected chi connectivity index (χ4v) is 1.49. The minimum absolute atomic E-state index is 0. The smallest absolute Gasteiger partial charge is 0.481 e. The second-order valence-corrected chi connectivity index (χ2v) is 4.55. The van der Waals surface area contributed by atoms with Gasteiger partial charge in [0.25, 0.3) is 0 Å². The summed E-state index contributed by atoms with van der Waals surface area (Å²) in [6, 6.07) is 0. The van der Waals surface area contributed by atoms with Gasteiger partial charge >= 0.3 is 28.3 Å². The van der Waals surface area contributed by atoms with Crippen LogP contribution in [0, 0.1) is 6.92 Å². The quantitative estimate of drug-likeness (QED) is 0.215. The van der Waals surface area contributed by atoms with Gasteiger partial charge in [-0.15, -0.1) is 0 Å². The normalized spacial score (nSPS) is 9.06. The van der Waals surface area contributed by atoms with Crippen LogP contribution in [0.25, 0.3) is 0 Å². The van der Waals surface area contributed by atoms with Crippen LogP contribution in [0.2, 0.25) is 0 Å². The van der Waals surface area contributed by atoms with Crippen molar-refractivity contribution in [1.82, 2.24) is 0 Å². The van der Waals surface area contributed by atoms with Crippen LogP contribution in [0.3, 0.4) is 0 Å². The van der Waals surface area contributed by atoms with Gasteiger partial charge in [0.2, 0.25) is 0 Å². The van der Waals surface area contributed by atoms with Crippen molar-refractivity contribution in [1.29, 1.82) is 0 Å². The Kier molecular flexibility index (Phi) is 29.8. The maximum Gasteiger partial charge on any atom is 1.00 e. The maximum absolute atomic E-state index is 9.29. The maximum atomic E-state index is 9.29. The molecule has 0 aromatic rings. The van der Waals surface area contributed by atoms with Crippen molar-refractivity contribution >= 4 is 18.6 Å². The summed E-state index contributed by atoms with van der Waals surface area (Å²) < 4.78 is 0. The van der Waals surface area contributed by atoms with E-state index in [0.717, 1.165) is 6.42 Å². The molecule has 0 fully saturated rings. The molecule has 18 heavy (non-hydrogen) atoms. The number of hydrogen-bond acceptors (Lipinski definition) is 2. The Morgan fingerprint density at radius 3 is 1.61 bits per heavy atom. The number of hydrogen-bond donors (Lipinski definition) is 2. The van der Waals surface area contributed by atoms with Crippen molar-refractivity contribution < 1.29 is 32.3 Å². The van der Waals surface area contributed by atoms with Crippen LogP contribution in [0.5, 0.6) is 0 Å². The molecule has 0 rings (SSSR count). The van der Waals surface area contributed by atoms with Crippen molar-refractivity contribution in [2.75, 3.05) is 5.75 Å². The van der Waals surface area contributed by atoms with Gasteiger partial charge in [-0.05, 0) is 0 Å². The van der Waals surface area contributed by atoms with Gasteiger partial charge in [-0.1, -0.05) is 64.7 Å². The zero-order valence-electron chi connectivity index (χ0n) is 11.6. The van der Waals surface area contributed by atoms with E-state index in [-0.39, 0.29) is 28.1 Å². The average molecular weight is 458 g/mol. The van der Waals surface area contributed by atoms with Gasteiger partial charge in [0.05, 0.1) is 5.75 Å². The van der Waals surface area contributed by atoms with E-state index in [2.05, 4.69) is 26.5 Å². The molecule has 0 aliphatic heterocycles. The molecular weight excluding hydrogens is 429 g/mol. The number of carboxylic acid groups (broad SMARTS) is 1. The number of unbranched alkanes of at least 4 members (excludes halogenated alkanes) is 9. The molecule has 0 atom stereocenters. The fraction of sp³-hybridized carbons (Fsp3) is 0.857. The van der Waals surface area contributed by atoms with E-state index in [9.17, 15) is 4.79 Å². The largest absolute Gasteiger partial charge is 1.00 e. The van der Waals surface area contributed by atoms with Crippen LogP contribution in [-0.4, -0.2) is 16.8 Å². The van der Waals surface area contributed by atoms with Gasteiger partial charge in [-0.3, -0.25) is 4.79 Å². The van der Waals surface area contributed by atoms with Gasteiger partial charge < -0.3 is 12.0 Å². The van der Waals surface area contributed by atoms with Crippen LogP contribution in [0.1, 0.15) is 71.1 Å². The van der Waals surface area contributed by atoms with Crippen molar-refractivity contribution in [3.05, 3.63) is 6.92 Å². The molecule has 0 bridgehead atoms. The number of carbonyl (C=O) groups is 1. The Morgan fingerprint density at radius 2 is 1.33 bits per heavy atom. The average Bonchev–Trinajstić information content (AvgIpc) is 2.33. The molecule has 0 spiro atoms. The van der Waals surface area contributed by atoms with E-state index in [4.69, 9.17) is 5.11 Å². The van der Waals surface area contributed by atoms with Gasteiger partial charge in [-0.25, -0.2) is 0 Å². The topological polar surface area (TPSA) is 37.3 Å². The van der Waals surface area contributed by atoms with E-state index >= 15 is 0 Å². The first-order chi connectivity index (χ1) is 8.18. The number of rotatable bonds is 10. The molecule has 0 heterocycles. The van der Waals surface area contributed by atoms with Gasteiger partial charge in [-0.2, -0.15) is 19.0 Å². The third-order valence-corrected chi connectivity index (χ3v) is 2.76. The van der Waals surface area contributed by atoms with Crippen molar-refractivity contribution in [3.63, 3.8) is 0 Å². The van der Waals surface area contributed by atoms with Crippen molar-refractivity contribution in [2.45, 2.75) is 71.1 Å². The van der Waals surface area contributed by atoms with Gasteiger partial charge in [0, 0.05) is 0 Å². The van der Waals surface area contributed by atoms with Crippen LogP contribution in [0.4, 0.5) is 0 Å². The van der Waals surface area contributed by atoms with Crippen LogP contribution < -0.4 is 0 Å². The number of aliphatic carboxylic acids is 1. The molecule has 0 radical (unpaired) electrons. The molecule has 1 N–H and O–H groups in total. The number of carboxylic acids is 1. The van der Waals surface area contributed by atoms with E-state index in [1.54, 1.807) is 0 Å². The molecule has 0 aromatic carbocycles. The molecule has 0 amide bonds. The molecule has 0 unspecified atom stereocenters. The molecule has 0 saturated carbocycles. The third-order valence-electron chi connectivity index (χ3n) is 2.49. The minimum Gasteiger partial charge on any atom is -0.481 e. The predicted octanol–water partition coefficient (Wildman–Crippen LogP) is 4.74. The first-order valence-corrected chi connectivity index (χ1v) is 7.44. The third kappa shape index (κ3) is 30.0. The van der Waals surface area contributed by atoms with Crippen LogP contribution in [0.15, 0.2) is 0 Å². The minimum atomic E-state index is -0.881. The predicted molar refractivity (Wildman–Crippen MR) is 78.7 cm³/mol. The molecule has 0 aliphatic carbocycles. The summed E-state index contributed by atoms with van der Waals surface area (Å²) in [4.78, 5) is 9.29. The Balaban J connectivity index is -0.000000321. The summed E-state index contributed by atoms with van der Waals surface area (Å²) in [6.07, 6.45) is 13.9. The van der Waals surface area contributed by atoms with Crippen LogP contribution >= 0.6 is 12.6 Å². The molecule has 2 nitrogen and oxygen atoms in total. The summed E-state index contributed by atoms with van der Waals surface area (Å²) in [5, 5.41) is 7.65. The number of thiol groups is 1. The first-order valence-electron chi connectivity index (χ1n) is 6.80. The van der Waals surface area contributed by atoms with E-state index in [1.807, 2.05) is 0 Å². The van der Waals surface area contributed by atoms with Gasteiger partial charge in [0.1, 0.15) is 0 Å². The molecular formula is C14H29AuO2S. The first kappa shape index (κ1) is 23.6. The van der Waals surface area contributed by atoms with E-state index in [0.29, 0.717) is 0 Å².